The minimum absolute atomic E-state index is 0.623. The number of nitrogens with zero attached hydrogens (tertiary/aromatic N) is 1. The van der Waals surface area contributed by atoms with Gasteiger partial charge in [-0.3, -0.25) is 4.79 Å². The third kappa shape index (κ3) is 2.11. The van der Waals surface area contributed by atoms with Crippen LogP contribution in [0.15, 0.2) is 0 Å². The van der Waals surface area contributed by atoms with E-state index in [1.807, 2.05) is 0 Å². The molecule has 0 aliphatic rings. The highest BCUT2D eigenvalue weighted by Crippen LogP contribution is 1.96. The summed E-state index contributed by atoms with van der Waals surface area (Å²) in [5.41, 5.74) is 5.05. The molecule has 0 aromatic carbocycles. The summed E-state index contributed by atoms with van der Waals surface area (Å²) in [5.74, 6) is -1.76. The number of carbonyl (C=O) groups is 1. The summed E-state index contributed by atoms with van der Waals surface area (Å²) >= 11 is 0. The fraction of sp³-hybridized carbons (Fsp3) is 0.600. The van der Waals surface area contributed by atoms with Gasteiger partial charge in [0.15, 0.2) is 0 Å². The molecular formula is C5H8N2O2. The second kappa shape index (κ2) is 3.05. The van der Waals surface area contributed by atoms with Crippen molar-refractivity contribution in [2.75, 3.05) is 0 Å². The van der Waals surface area contributed by atoms with Crippen LogP contribution in [0.3, 0.4) is 0 Å². The largest absolute Gasteiger partial charge is 0.480 e. The predicted molar refractivity (Wildman–Crippen MR) is 30.4 cm³/mol. The smallest absolute Gasteiger partial charge is 0.321 e. The lowest BCUT2D eigenvalue weighted by molar-refractivity contribution is -0.139. The van der Waals surface area contributed by atoms with Crippen molar-refractivity contribution < 1.29 is 9.90 Å². The molecule has 3 N–H and O–H groups in total. The SMILES string of the molecule is CC(C#N)C(N)C(=O)O. The molecule has 0 amide bonds. The number of rotatable bonds is 2. The highest BCUT2D eigenvalue weighted by molar-refractivity contribution is 5.73. The van der Waals surface area contributed by atoms with Gasteiger partial charge in [0.05, 0.1) is 12.0 Å². The summed E-state index contributed by atoms with van der Waals surface area (Å²) in [7, 11) is 0. The van der Waals surface area contributed by atoms with Crippen LogP contribution in [0.2, 0.25) is 0 Å². The van der Waals surface area contributed by atoms with Crippen LogP contribution in [-0.4, -0.2) is 17.1 Å². The highest BCUT2D eigenvalue weighted by atomic mass is 16.4. The molecule has 0 aromatic heterocycles. The zero-order chi connectivity index (χ0) is 7.44. The van der Waals surface area contributed by atoms with Gasteiger partial charge in [-0.25, -0.2) is 0 Å². The van der Waals surface area contributed by atoms with Crippen molar-refractivity contribution in [2.45, 2.75) is 13.0 Å². The van der Waals surface area contributed by atoms with Crippen molar-refractivity contribution in [2.24, 2.45) is 11.7 Å². The zero-order valence-corrected chi connectivity index (χ0v) is 5.03. The van der Waals surface area contributed by atoms with E-state index in [1.165, 1.54) is 6.92 Å². The first-order valence-corrected chi connectivity index (χ1v) is 2.47. The quantitative estimate of drug-likeness (QED) is 0.527. The predicted octanol–water partition coefficient (Wildman–Crippen LogP) is -0.442. The Balaban J connectivity index is 3.91. The standard InChI is InChI=1S/C5H8N2O2/c1-3(2-6)4(7)5(8)9/h3-4H,7H2,1H3,(H,8,9). The Kier molecular flexibility index (Phi) is 2.68. The normalized spacial score (nSPS) is 15.7. The van der Waals surface area contributed by atoms with Crippen molar-refractivity contribution >= 4 is 5.97 Å². The van der Waals surface area contributed by atoms with Crippen molar-refractivity contribution in [3.8, 4) is 6.07 Å². The first-order valence-electron chi connectivity index (χ1n) is 2.47. The van der Waals surface area contributed by atoms with E-state index in [0.29, 0.717) is 0 Å². The Morgan fingerprint density at radius 2 is 2.33 bits per heavy atom. The van der Waals surface area contributed by atoms with Gasteiger partial charge in [0.1, 0.15) is 6.04 Å². The van der Waals surface area contributed by atoms with E-state index in [-0.39, 0.29) is 0 Å². The molecule has 50 valence electrons. The second-order valence-corrected chi connectivity index (χ2v) is 1.78. The number of hydrogen-bond donors (Lipinski definition) is 2. The van der Waals surface area contributed by atoms with Gasteiger partial charge in [0.2, 0.25) is 0 Å². The van der Waals surface area contributed by atoms with Gasteiger partial charge in [0.25, 0.3) is 0 Å². The summed E-state index contributed by atoms with van der Waals surface area (Å²) in [4.78, 5) is 10.0. The first kappa shape index (κ1) is 7.92. The Morgan fingerprint density at radius 3 is 2.44 bits per heavy atom. The molecule has 0 rings (SSSR count). The molecule has 4 heteroatoms. The molecule has 0 aliphatic heterocycles. The fourth-order valence-corrected chi connectivity index (χ4v) is 0.294. The van der Waals surface area contributed by atoms with E-state index in [2.05, 4.69) is 0 Å². The highest BCUT2D eigenvalue weighted by Gasteiger charge is 2.18. The van der Waals surface area contributed by atoms with Crippen LogP contribution in [0.1, 0.15) is 6.92 Å². The monoisotopic (exact) mass is 128 g/mol. The van der Waals surface area contributed by atoms with Crippen LogP contribution in [-0.2, 0) is 4.79 Å². The topological polar surface area (TPSA) is 87.1 Å². The molecule has 0 saturated heterocycles. The van der Waals surface area contributed by atoms with Crippen LogP contribution < -0.4 is 5.73 Å². The van der Waals surface area contributed by atoms with Crippen LogP contribution in [0, 0.1) is 17.2 Å². The van der Waals surface area contributed by atoms with E-state index < -0.39 is 17.9 Å². The van der Waals surface area contributed by atoms with E-state index in [1.54, 1.807) is 6.07 Å². The first-order chi connectivity index (χ1) is 4.09. The van der Waals surface area contributed by atoms with Crippen LogP contribution in [0.5, 0.6) is 0 Å². The molecule has 0 fully saturated rings. The maximum Gasteiger partial charge on any atom is 0.321 e. The molecule has 0 spiro atoms. The van der Waals surface area contributed by atoms with Crippen molar-refractivity contribution in [3.63, 3.8) is 0 Å². The Morgan fingerprint density at radius 1 is 1.89 bits per heavy atom. The van der Waals surface area contributed by atoms with Crippen LogP contribution in [0.4, 0.5) is 0 Å². The number of nitrogens with two attached hydrogens (primary N) is 1. The van der Waals surface area contributed by atoms with Gasteiger partial charge < -0.3 is 10.8 Å². The summed E-state index contributed by atoms with van der Waals surface area (Å²) in [6.45, 7) is 1.47. The number of hydrogen-bond acceptors (Lipinski definition) is 3. The summed E-state index contributed by atoms with van der Waals surface area (Å²) < 4.78 is 0. The van der Waals surface area contributed by atoms with Gasteiger partial charge in [-0.2, -0.15) is 5.26 Å². The molecule has 9 heavy (non-hydrogen) atoms. The number of carboxylic acid groups (broad SMARTS) is 1. The fourth-order valence-electron chi connectivity index (χ4n) is 0.294. The van der Waals surface area contributed by atoms with Crippen molar-refractivity contribution in [1.82, 2.24) is 0 Å². The lowest BCUT2D eigenvalue weighted by Crippen LogP contribution is -2.35. The van der Waals surface area contributed by atoms with Gasteiger partial charge in [-0.15, -0.1) is 0 Å². The minimum atomic E-state index is -1.14. The molecule has 4 nitrogen and oxygen atoms in total. The molecule has 2 atom stereocenters. The number of aliphatic carboxylic acids is 1. The van der Waals surface area contributed by atoms with Crippen LogP contribution in [0.25, 0.3) is 0 Å². The third-order valence-electron chi connectivity index (χ3n) is 1.03. The molecule has 0 bridgehead atoms. The summed E-state index contributed by atoms with van der Waals surface area (Å²) in [5, 5.41) is 16.4. The Bertz CT molecular complexity index is 150. The molecule has 0 radical (unpaired) electrons. The van der Waals surface area contributed by atoms with Gasteiger partial charge in [-0.05, 0) is 6.92 Å². The zero-order valence-electron chi connectivity index (χ0n) is 5.03. The lowest BCUT2D eigenvalue weighted by Gasteiger charge is -2.05. The maximum atomic E-state index is 10.0. The van der Waals surface area contributed by atoms with E-state index in [9.17, 15) is 4.79 Å². The average molecular weight is 128 g/mol. The second-order valence-electron chi connectivity index (χ2n) is 1.78. The molecule has 0 aromatic rings. The van der Waals surface area contributed by atoms with Crippen molar-refractivity contribution in [1.29, 1.82) is 5.26 Å². The Hall–Kier alpha value is -1.08. The molecule has 0 heterocycles. The Labute approximate surface area is 52.9 Å². The van der Waals surface area contributed by atoms with E-state index >= 15 is 0 Å². The van der Waals surface area contributed by atoms with Crippen molar-refractivity contribution in [3.05, 3.63) is 0 Å². The molecule has 2 unspecified atom stereocenters. The van der Waals surface area contributed by atoms with Gasteiger partial charge >= 0.3 is 5.97 Å². The molecular weight excluding hydrogens is 120 g/mol. The van der Waals surface area contributed by atoms with Gasteiger partial charge in [-0.1, -0.05) is 0 Å². The van der Waals surface area contributed by atoms with E-state index in [0.717, 1.165) is 0 Å². The number of carboxylic acids is 1. The lowest BCUT2D eigenvalue weighted by atomic mass is 10.1. The maximum absolute atomic E-state index is 10.0. The number of nitriles is 1. The summed E-state index contributed by atoms with van der Waals surface area (Å²) in [6, 6.07) is 0.680. The average Bonchev–Trinajstić information content (AvgIpc) is 1.84. The summed E-state index contributed by atoms with van der Waals surface area (Å²) in [6.07, 6.45) is 0. The van der Waals surface area contributed by atoms with Crippen LogP contribution >= 0.6 is 0 Å². The van der Waals surface area contributed by atoms with E-state index in [4.69, 9.17) is 16.1 Å². The molecule has 0 saturated carbocycles. The molecule has 0 aliphatic carbocycles. The van der Waals surface area contributed by atoms with Gasteiger partial charge in [0, 0.05) is 0 Å². The third-order valence-corrected chi connectivity index (χ3v) is 1.03. The minimum Gasteiger partial charge on any atom is -0.480 e.